The van der Waals surface area contributed by atoms with Crippen LogP contribution in [0, 0.1) is 0 Å². The molecule has 0 spiro atoms. The van der Waals surface area contributed by atoms with Crippen molar-refractivity contribution in [1.29, 1.82) is 0 Å². The van der Waals surface area contributed by atoms with Crippen molar-refractivity contribution < 1.29 is 17.7 Å². The van der Waals surface area contributed by atoms with Crippen LogP contribution in [0.2, 0.25) is 0 Å². The summed E-state index contributed by atoms with van der Waals surface area (Å²) in [5.41, 5.74) is -0.663. The maximum absolute atomic E-state index is 12.3. The predicted octanol–water partition coefficient (Wildman–Crippen LogP) is 1.64. The third-order valence-electron chi connectivity index (χ3n) is 2.45. The molecule has 3 nitrogen and oxygen atoms in total. The van der Waals surface area contributed by atoms with Gasteiger partial charge in [-0.05, 0) is 19.3 Å². The summed E-state index contributed by atoms with van der Waals surface area (Å²) in [7, 11) is 0. The zero-order chi connectivity index (χ0) is 10.9. The Morgan fingerprint density at radius 3 is 2.73 bits per heavy atom. The third kappa shape index (κ3) is 2.34. The van der Waals surface area contributed by atoms with Gasteiger partial charge in [0.25, 0.3) is 0 Å². The van der Waals surface area contributed by atoms with Crippen molar-refractivity contribution in [1.82, 2.24) is 9.78 Å². The van der Waals surface area contributed by atoms with Gasteiger partial charge in [-0.25, -0.2) is 4.68 Å². The normalized spacial score (nSPS) is 23.0. The van der Waals surface area contributed by atoms with Gasteiger partial charge in [0.2, 0.25) is 0 Å². The van der Waals surface area contributed by atoms with E-state index in [1.54, 1.807) is 0 Å². The van der Waals surface area contributed by atoms with E-state index in [9.17, 15) is 12.9 Å². The number of rotatable bonds is 2. The van der Waals surface area contributed by atoms with Crippen LogP contribution in [0.15, 0.2) is 12.4 Å². The largest absolute Gasteiger partial charge is 0.512 e. The zero-order valence-electron chi connectivity index (χ0n) is 8.07. The lowest BCUT2D eigenvalue weighted by Crippen LogP contribution is -2.33. The standard InChI is InChI=1S/C8H11BF3N2O/c10-9(11,12)7-5-13-14(6-7)8-3-1-2-4-15-8/h5-6,8H,1-4H2/q-1/t8-/m1/s1. The molecule has 0 bridgehead atoms. The van der Waals surface area contributed by atoms with Gasteiger partial charge in [-0.3, -0.25) is 0 Å². The minimum absolute atomic E-state index is 0.328. The molecule has 1 saturated heterocycles. The van der Waals surface area contributed by atoms with E-state index >= 15 is 0 Å². The monoisotopic (exact) mass is 219 g/mol. The van der Waals surface area contributed by atoms with Crippen LogP contribution < -0.4 is 5.46 Å². The topological polar surface area (TPSA) is 27.1 Å². The Morgan fingerprint density at radius 1 is 1.40 bits per heavy atom. The lowest BCUT2D eigenvalue weighted by molar-refractivity contribution is -0.0394. The fraction of sp³-hybridized carbons (Fsp3) is 0.625. The number of hydrogen-bond acceptors (Lipinski definition) is 2. The SMILES string of the molecule is F[B-](F)(F)c1cnn([C@H]2CCCCO2)c1. The molecule has 1 atom stereocenters. The van der Waals surface area contributed by atoms with E-state index in [2.05, 4.69) is 5.10 Å². The zero-order valence-corrected chi connectivity index (χ0v) is 8.07. The first-order valence-corrected chi connectivity index (χ1v) is 4.93. The number of nitrogens with zero attached hydrogens (tertiary/aromatic N) is 2. The van der Waals surface area contributed by atoms with E-state index < -0.39 is 12.4 Å². The second-order valence-electron chi connectivity index (χ2n) is 3.65. The molecule has 0 saturated carbocycles. The van der Waals surface area contributed by atoms with Crippen molar-refractivity contribution in [2.24, 2.45) is 0 Å². The van der Waals surface area contributed by atoms with Gasteiger partial charge in [-0.15, -0.1) is 0 Å². The highest BCUT2D eigenvalue weighted by Gasteiger charge is 2.28. The maximum Gasteiger partial charge on any atom is 0.512 e. The maximum atomic E-state index is 12.3. The Hall–Kier alpha value is -0.975. The molecule has 84 valence electrons. The molecule has 1 aromatic rings. The minimum Gasteiger partial charge on any atom is -0.445 e. The molecule has 2 rings (SSSR count). The van der Waals surface area contributed by atoms with Gasteiger partial charge in [0.1, 0.15) is 6.23 Å². The van der Waals surface area contributed by atoms with Gasteiger partial charge in [0.05, 0.1) is 0 Å². The summed E-state index contributed by atoms with van der Waals surface area (Å²) < 4.78 is 43.6. The van der Waals surface area contributed by atoms with Crippen LogP contribution in [-0.2, 0) is 4.74 Å². The van der Waals surface area contributed by atoms with Crippen molar-refractivity contribution in [3.05, 3.63) is 12.4 Å². The molecule has 1 aromatic heterocycles. The summed E-state index contributed by atoms with van der Waals surface area (Å²) in [6.45, 7) is -4.36. The van der Waals surface area contributed by atoms with E-state index in [0.29, 0.717) is 6.61 Å². The molecule has 0 radical (unpaired) electrons. The molecule has 1 fully saturated rings. The van der Waals surface area contributed by atoms with Gasteiger partial charge in [-0.1, -0.05) is 5.46 Å². The Bertz CT molecular complexity index is 333. The van der Waals surface area contributed by atoms with Crippen molar-refractivity contribution in [3.63, 3.8) is 0 Å². The first-order valence-electron chi connectivity index (χ1n) is 4.93. The van der Waals surface area contributed by atoms with Crippen LogP contribution in [-0.4, -0.2) is 23.4 Å². The van der Waals surface area contributed by atoms with Crippen molar-refractivity contribution in [3.8, 4) is 0 Å². The average molecular weight is 219 g/mol. The first-order chi connectivity index (χ1) is 7.07. The fourth-order valence-corrected chi connectivity index (χ4v) is 1.61. The highest BCUT2D eigenvalue weighted by Crippen LogP contribution is 2.21. The van der Waals surface area contributed by atoms with Crippen molar-refractivity contribution >= 4 is 12.4 Å². The van der Waals surface area contributed by atoms with E-state index in [1.165, 1.54) is 4.68 Å². The van der Waals surface area contributed by atoms with Gasteiger partial charge in [-0.2, -0.15) is 5.10 Å². The molecule has 0 amide bonds. The van der Waals surface area contributed by atoms with E-state index in [4.69, 9.17) is 4.74 Å². The number of aromatic nitrogens is 2. The smallest absolute Gasteiger partial charge is 0.445 e. The van der Waals surface area contributed by atoms with Crippen LogP contribution in [0.5, 0.6) is 0 Å². The second-order valence-corrected chi connectivity index (χ2v) is 3.65. The molecular formula is C8H11BF3N2O-. The fourth-order valence-electron chi connectivity index (χ4n) is 1.61. The Morgan fingerprint density at radius 2 is 2.20 bits per heavy atom. The van der Waals surface area contributed by atoms with Crippen LogP contribution in [0.3, 0.4) is 0 Å². The van der Waals surface area contributed by atoms with Crippen LogP contribution in [0.4, 0.5) is 12.9 Å². The average Bonchev–Trinajstić information content (AvgIpc) is 2.67. The third-order valence-corrected chi connectivity index (χ3v) is 2.45. The molecule has 0 aromatic carbocycles. The number of halogens is 3. The summed E-state index contributed by atoms with van der Waals surface area (Å²) in [5, 5.41) is 3.69. The van der Waals surface area contributed by atoms with Crippen LogP contribution in [0.1, 0.15) is 25.5 Å². The van der Waals surface area contributed by atoms with E-state index in [0.717, 1.165) is 31.7 Å². The molecule has 2 heterocycles. The van der Waals surface area contributed by atoms with Gasteiger partial charge >= 0.3 is 6.98 Å². The van der Waals surface area contributed by atoms with Gasteiger partial charge < -0.3 is 17.7 Å². The molecule has 15 heavy (non-hydrogen) atoms. The molecule has 0 N–H and O–H groups in total. The lowest BCUT2D eigenvalue weighted by Gasteiger charge is -2.22. The quantitative estimate of drug-likeness (QED) is 0.707. The van der Waals surface area contributed by atoms with Crippen molar-refractivity contribution in [2.75, 3.05) is 6.61 Å². The van der Waals surface area contributed by atoms with Gasteiger partial charge in [0, 0.05) is 19.0 Å². The molecule has 0 unspecified atom stereocenters. The highest BCUT2D eigenvalue weighted by atomic mass is 19.4. The number of ether oxygens (including phenoxy) is 1. The van der Waals surface area contributed by atoms with E-state index in [1.807, 2.05) is 0 Å². The molecular weight excluding hydrogens is 208 g/mol. The van der Waals surface area contributed by atoms with Crippen LogP contribution in [0.25, 0.3) is 0 Å². The summed E-state index contributed by atoms with van der Waals surface area (Å²) in [6, 6.07) is 0. The van der Waals surface area contributed by atoms with Crippen LogP contribution >= 0.6 is 0 Å². The predicted molar refractivity (Wildman–Crippen MR) is 49.8 cm³/mol. The Balaban J connectivity index is 2.12. The Labute approximate surface area is 85.3 Å². The highest BCUT2D eigenvalue weighted by molar-refractivity contribution is 6.73. The summed E-state index contributed by atoms with van der Waals surface area (Å²) >= 11 is 0. The molecule has 1 aliphatic rings. The van der Waals surface area contributed by atoms with Crippen molar-refractivity contribution in [2.45, 2.75) is 25.5 Å². The summed E-state index contributed by atoms with van der Waals surface area (Å²) in [5.74, 6) is 0. The molecule has 7 heteroatoms. The van der Waals surface area contributed by atoms with E-state index in [-0.39, 0.29) is 6.23 Å². The summed E-state index contributed by atoms with van der Waals surface area (Å²) in [6.07, 6.45) is 4.22. The summed E-state index contributed by atoms with van der Waals surface area (Å²) in [4.78, 5) is 0. The lowest BCUT2D eigenvalue weighted by atomic mass is 9.83. The molecule has 1 aliphatic heterocycles. The first kappa shape index (κ1) is 10.5. The number of hydrogen-bond donors (Lipinski definition) is 0. The molecule has 0 aliphatic carbocycles. The second kappa shape index (κ2) is 3.88. The minimum atomic E-state index is -4.95. The Kier molecular flexibility index (Phi) is 2.73. The van der Waals surface area contributed by atoms with Gasteiger partial charge in [0.15, 0.2) is 0 Å².